The maximum absolute atomic E-state index is 12.9. The Hall–Kier alpha value is -3.42. The number of aromatic nitrogens is 4. The fraction of sp³-hybridized carbons (Fsp3) is 0.167. The zero-order chi connectivity index (χ0) is 18.1. The van der Waals surface area contributed by atoms with E-state index in [0.717, 1.165) is 0 Å². The van der Waals surface area contributed by atoms with Gasteiger partial charge in [0.15, 0.2) is 5.78 Å². The highest BCUT2D eigenvalue weighted by atomic mass is 19.1. The number of nitrogens with zero attached hydrogens (tertiary/aromatic N) is 5. The summed E-state index contributed by atoms with van der Waals surface area (Å²) in [6, 6.07) is 14.5. The van der Waals surface area contributed by atoms with Gasteiger partial charge in [0.25, 0.3) is 11.7 Å². The minimum atomic E-state index is -0.389. The maximum atomic E-state index is 12.9. The van der Waals surface area contributed by atoms with Crippen molar-refractivity contribution in [1.29, 1.82) is 0 Å². The third-order valence-electron chi connectivity index (χ3n) is 4.26. The molecule has 26 heavy (non-hydrogen) atoms. The SMILES string of the molecule is O=C(c1ccc(F)cc1)C1CN(C(=O)c2nnn(-c3ccccc3)n2)C1. The van der Waals surface area contributed by atoms with E-state index in [0.29, 0.717) is 11.3 Å². The lowest BCUT2D eigenvalue weighted by Gasteiger charge is -2.37. The number of rotatable bonds is 4. The molecule has 0 spiro atoms. The number of halogens is 1. The molecule has 130 valence electrons. The normalized spacial score (nSPS) is 14.1. The second-order valence-electron chi connectivity index (χ2n) is 6.02. The number of carbonyl (C=O) groups is 2. The van der Waals surface area contributed by atoms with E-state index in [1.54, 1.807) is 12.1 Å². The predicted octanol–water partition coefficient (Wildman–Crippen LogP) is 1.76. The molecule has 1 aliphatic rings. The van der Waals surface area contributed by atoms with Gasteiger partial charge in [-0.05, 0) is 41.6 Å². The van der Waals surface area contributed by atoms with Gasteiger partial charge >= 0.3 is 0 Å². The Morgan fingerprint density at radius 2 is 1.69 bits per heavy atom. The Morgan fingerprint density at radius 3 is 2.38 bits per heavy atom. The van der Waals surface area contributed by atoms with Gasteiger partial charge in [-0.2, -0.15) is 0 Å². The van der Waals surface area contributed by atoms with Gasteiger partial charge in [-0.1, -0.05) is 18.2 Å². The molecule has 8 heteroatoms. The predicted molar refractivity (Wildman–Crippen MR) is 89.3 cm³/mol. The van der Waals surface area contributed by atoms with Crippen molar-refractivity contribution in [3.8, 4) is 5.69 Å². The Morgan fingerprint density at radius 1 is 1.00 bits per heavy atom. The molecule has 0 unspecified atom stereocenters. The van der Waals surface area contributed by atoms with E-state index < -0.39 is 0 Å². The quantitative estimate of drug-likeness (QED) is 0.669. The second-order valence-corrected chi connectivity index (χ2v) is 6.02. The molecule has 4 rings (SSSR count). The number of amides is 1. The van der Waals surface area contributed by atoms with Gasteiger partial charge in [-0.3, -0.25) is 9.59 Å². The van der Waals surface area contributed by atoms with Gasteiger partial charge in [-0.15, -0.1) is 15.0 Å². The minimum absolute atomic E-state index is 0.0125. The first-order valence-corrected chi connectivity index (χ1v) is 8.06. The third-order valence-corrected chi connectivity index (χ3v) is 4.26. The van der Waals surface area contributed by atoms with E-state index in [-0.39, 0.29) is 42.3 Å². The molecule has 0 aliphatic carbocycles. The number of tetrazole rings is 1. The number of Topliss-reactive ketones (excluding diaryl/α,β-unsaturated/α-hetero) is 1. The lowest BCUT2D eigenvalue weighted by molar-refractivity contribution is 0.0452. The highest BCUT2D eigenvalue weighted by molar-refractivity contribution is 6.00. The molecular formula is C18H14FN5O2. The summed E-state index contributed by atoms with van der Waals surface area (Å²) in [6.45, 7) is 0.573. The van der Waals surface area contributed by atoms with Crippen LogP contribution in [0.25, 0.3) is 5.69 Å². The molecule has 7 nitrogen and oxygen atoms in total. The van der Waals surface area contributed by atoms with Gasteiger partial charge in [0.2, 0.25) is 0 Å². The van der Waals surface area contributed by atoms with Gasteiger partial charge in [-0.25, -0.2) is 4.39 Å². The van der Waals surface area contributed by atoms with Crippen molar-refractivity contribution in [2.75, 3.05) is 13.1 Å². The zero-order valence-electron chi connectivity index (χ0n) is 13.6. The fourth-order valence-corrected chi connectivity index (χ4v) is 2.77. The Bertz CT molecular complexity index is 949. The second kappa shape index (κ2) is 6.47. The topological polar surface area (TPSA) is 81.0 Å². The summed E-state index contributed by atoms with van der Waals surface area (Å²) < 4.78 is 12.9. The molecule has 1 aromatic heterocycles. The molecule has 2 aromatic carbocycles. The molecule has 1 aliphatic heterocycles. The number of benzene rings is 2. The Labute approximate surface area is 148 Å². The van der Waals surface area contributed by atoms with Crippen molar-refractivity contribution in [3.63, 3.8) is 0 Å². The standard InChI is InChI=1S/C18H14FN5O2/c19-14-8-6-12(7-9-14)16(25)13-10-23(11-13)18(26)17-20-22-24(21-17)15-4-2-1-3-5-15/h1-9,13H,10-11H2. The number of hydrogen-bond acceptors (Lipinski definition) is 5. The van der Waals surface area contributed by atoms with Crippen LogP contribution < -0.4 is 0 Å². The van der Waals surface area contributed by atoms with Crippen LogP contribution in [0.1, 0.15) is 21.0 Å². The van der Waals surface area contributed by atoms with Crippen LogP contribution >= 0.6 is 0 Å². The Kier molecular flexibility index (Phi) is 4.00. The molecule has 3 aromatic rings. The first-order valence-electron chi connectivity index (χ1n) is 8.06. The highest BCUT2D eigenvalue weighted by Gasteiger charge is 2.37. The van der Waals surface area contributed by atoms with Crippen LogP contribution in [0.15, 0.2) is 54.6 Å². The van der Waals surface area contributed by atoms with Gasteiger partial charge in [0.05, 0.1) is 11.6 Å². The van der Waals surface area contributed by atoms with E-state index in [4.69, 9.17) is 0 Å². The molecule has 0 N–H and O–H groups in total. The monoisotopic (exact) mass is 351 g/mol. The lowest BCUT2D eigenvalue weighted by Crippen LogP contribution is -2.53. The van der Waals surface area contributed by atoms with Crippen LogP contribution in [0, 0.1) is 11.7 Å². The van der Waals surface area contributed by atoms with Crippen molar-refractivity contribution >= 4 is 11.7 Å². The summed E-state index contributed by atoms with van der Waals surface area (Å²) in [5, 5.41) is 11.8. The van der Waals surface area contributed by atoms with Gasteiger partial charge in [0.1, 0.15) is 5.82 Å². The molecule has 0 radical (unpaired) electrons. The average molecular weight is 351 g/mol. The fourth-order valence-electron chi connectivity index (χ4n) is 2.77. The average Bonchev–Trinajstić information content (AvgIpc) is 3.12. The maximum Gasteiger partial charge on any atom is 0.295 e. The summed E-state index contributed by atoms with van der Waals surface area (Å²) in [5.74, 6) is -1.17. The van der Waals surface area contributed by atoms with Crippen LogP contribution in [-0.4, -0.2) is 49.9 Å². The highest BCUT2D eigenvalue weighted by Crippen LogP contribution is 2.22. The lowest BCUT2D eigenvalue weighted by atomic mass is 9.90. The smallest absolute Gasteiger partial charge is 0.295 e. The van der Waals surface area contributed by atoms with Crippen LogP contribution in [0.4, 0.5) is 4.39 Å². The molecule has 0 atom stereocenters. The number of ketones is 1. The first kappa shape index (κ1) is 16.1. The van der Waals surface area contributed by atoms with E-state index in [9.17, 15) is 14.0 Å². The minimum Gasteiger partial charge on any atom is -0.334 e. The van der Waals surface area contributed by atoms with Crippen molar-refractivity contribution in [2.24, 2.45) is 5.92 Å². The summed E-state index contributed by atoms with van der Waals surface area (Å²) in [5.41, 5.74) is 1.14. The number of hydrogen-bond donors (Lipinski definition) is 0. The molecule has 0 bridgehead atoms. The van der Waals surface area contributed by atoms with Crippen molar-refractivity contribution in [1.82, 2.24) is 25.1 Å². The zero-order valence-corrected chi connectivity index (χ0v) is 13.6. The van der Waals surface area contributed by atoms with E-state index in [2.05, 4.69) is 15.4 Å². The molecule has 1 amide bonds. The summed E-state index contributed by atoms with van der Waals surface area (Å²) in [7, 11) is 0. The number of para-hydroxylation sites is 1. The van der Waals surface area contributed by atoms with Crippen LogP contribution in [0.5, 0.6) is 0 Å². The Balaban J connectivity index is 1.40. The number of likely N-dealkylation sites (tertiary alicyclic amines) is 1. The van der Waals surface area contributed by atoms with Crippen LogP contribution in [0.3, 0.4) is 0 Å². The van der Waals surface area contributed by atoms with E-state index >= 15 is 0 Å². The summed E-state index contributed by atoms with van der Waals surface area (Å²) >= 11 is 0. The largest absolute Gasteiger partial charge is 0.334 e. The molecule has 0 saturated carbocycles. The van der Waals surface area contributed by atoms with Crippen LogP contribution in [0.2, 0.25) is 0 Å². The van der Waals surface area contributed by atoms with Crippen molar-refractivity contribution in [3.05, 3.63) is 71.8 Å². The van der Waals surface area contributed by atoms with Crippen LogP contribution in [-0.2, 0) is 0 Å². The molecule has 2 heterocycles. The van der Waals surface area contributed by atoms with Gasteiger partial charge in [0, 0.05) is 18.7 Å². The summed E-state index contributed by atoms with van der Waals surface area (Å²) in [4.78, 5) is 27.5. The van der Waals surface area contributed by atoms with Gasteiger partial charge < -0.3 is 4.90 Å². The molecule has 1 fully saturated rings. The third kappa shape index (κ3) is 2.97. The molecule has 1 saturated heterocycles. The van der Waals surface area contributed by atoms with E-state index in [1.807, 2.05) is 18.2 Å². The molecular weight excluding hydrogens is 337 g/mol. The van der Waals surface area contributed by atoms with Crippen molar-refractivity contribution < 1.29 is 14.0 Å². The van der Waals surface area contributed by atoms with Crippen molar-refractivity contribution in [2.45, 2.75) is 0 Å². The number of carbonyl (C=O) groups excluding carboxylic acids is 2. The first-order chi connectivity index (χ1) is 12.6. The van der Waals surface area contributed by atoms with E-state index in [1.165, 1.54) is 34.0 Å². The summed E-state index contributed by atoms with van der Waals surface area (Å²) in [6.07, 6.45) is 0.